The highest BCUT2D eigenvalue weighted by Gasteiger charge is 2.22. The van der Waals surface area contributed by atoms with Crippen LogP contribution >= 0.6 is 0 Å². The molecule has 0 heterocycles. The Morgan fingerprint density at radius 2 is 1.75 bits per heavy atom. The van der Waals surface area contributed by atoms with Gasteiger partial charge < -0.3 is 19.3 Å². The second-order valence-corrected chi connectivity index (χ2v) is 4.80. The molecule has 0 spiro atoms. The Labute approximate surface area is 138 Å². The summed E-state index contributed by atoms with van der Waals surface area (Å²) in [7, 11) is 4.31. The van der Waals surface area contributed by atoms with Gasteiger partial charge in [0.1, 0.15) is 5.82 Å². The highest BCUT2D eigenvalue weighted by molar-refractivity contribution is 6.21. The van der Waals surface area contributed by atoms with Crippen molar-refractivity contribution in [3.63, 3.8) is 0 Å². The number of halogens is 1. The van der Waals surface area contributed by atoms with Crippen LogP contribution in [-0.4, -0.2) is 32.4 Å². The summed E-state index contributed by atoms with van der Waals surface area (Å²) in [6.07, 6.45) is 1.37. The lowest BCUT2D eigenvalue weighted by Crippen LogP contribution is -2.04. The van der Waals surface area contributed by atoms with E-state index in [0.717, 1.165) is 0 Å². The molecule has 0 bridgehead atoms. The van der Waals surface area contributed by atoms with E-state index in [1.165, 1.54) is 45.6 Å². The van der Waals surface area contributed by atoms with E-state index in [1.54, 1.807) is 18.2 Å². The third-order valence-electron chi connectivity index (χ3n) is 3.38. The largest absolute Gasteiger partial charge is 0.493 e. The fraction of sp³-hybridized carbons (Fsp3) is 0.167. The fourth-order valence-electron chi connectivity index (χ4n) is 2.33. The number of carbonyl (C=O) groups is 1. The lowest BCUT2D eigenvalue weighted by Gasteiger charge is -2.16. The average Bonchev–Trinajstić information content (AvgIpc) is 2.58. The van der Waals surface area contributed by atoms with E-state index < -0.39 is 11.8 Å². The molecule has 2 aromatic rings. The molecule has 0 saturated carbocycles. The molecule has 0 aliphatic carbocycles. The SMILES string of the molecule is COc1ccc(/C(=C/c2cccc(F)c2)C(=O)O)c(OC)c1OC. The number of carboxylic acids is 1. The van der Waals surface area contributed by atoms with Crippen LogP contribution in [0.4, 0.5) is 4.39 Å². The lowest BCUT2D eigenvalue weighted by atomic mass is 10.0. The second kappa shape index (κ2) is 7.50. The summed E-state index contributed by atoms with van der Waals surface area (Å²) < 4.78 is 29.1. The molecular weight excluding hydrogens is 315 g/mol. The van der Waals surface area contributed by atoms with Gasteiger partial charge in [-0.25, -0.2) is 9.18 Å². The van der Waals surface area contributed by atoms with Crippen LogP contribution in [-0.2, 0) is 4.79 Å². The van der Waals surface area contributed by atoms with Crippen LogP contribution in [0.15, 0.2) is 36.4 Å². The van der Waals surface area contributed by atoms with Gasteiger partial charge in [-0.3, -0.25) is 0 Å². The summed E-state index contributed by atoms with van der Waals surface area (Å²) in [5.74, 6) is -0.711. The van der Waals surface area contributed by atoms with Crippen LogP contribution in [0.3, 0.4) is 0 Å². The van der Waals surface area contributed by atoms with Crippen LogP contribution in [0.25, 0.3) is 11.6 Å². The number of aliphatic carboxylic acids is 1. The van der Waals surface area contributed by atoms with Gasteiger partial charge in [0, 0.05) is 5.56 Å². The maximum Gasteiger partial charge on any atom is 0.336 e. The van der Waals surface area contributed by atoms with E-state index in [2.05, 4.69) is 0 Å². The maximum atomic E-state index is 13.3. The van der Waals surface area contributed by atoms with E-state index in [0.29, 0.717) is 16.9 Å². The molecule has 5 nitrogen and oxygen atoms in total. The Morgan fingerprint density at radius 1 is 1.04 bits per heavy atom. The summed E-state index contributed by atoms with van der Waals surface area (Å²) in [4.78, 5) is 11.7. The van der Waals surface area contributed by atoms with Gasteiger partial charge in [0.2, 0.25) is 5.75 Å². The lowest BCUT2D eigenvalue weighted by molar-refractivity contribution is -0.130. The molecule has 0 aliphatic heterocycles. The zero-order chi connectivity index (χ0) is 17.7. The van der Waals surface area contributed by atoms with E-state index in [9.17, 15) is 14.3 Å². The van der Waals surface area contributed by atoms with Crippen molar-refractivity contribution in [3.8, 4) is 17.2 Å². The van der Waals surface area contributed by atoms with Crippen molar-refractivity contribution < 1.29 is 28.5 Å². The predicted molar refractivity (Wildman–Crippen MR) is 88.0 cm³/mol. The zero-order valence-electron chi connectivity index (χ0n) is 13.5. The minimum atomic E-state index is -1.18. The first-order valence-electron chi connectivity index (χ1n) is 7.01. The van der Waals surface area contributed by atoms with Gasteiger partial charge in [-0.2, -0.15) is 0 Å². The first-order chi connectivity index (χ1) is 11.5. The molecular formula is C18H17FO5. The molecule has 0 aromatic heterocycles. The third kappa shape index (κ3) is 3.48. The molecule has 2 aromatic carbocycles. The number of hydrogen-bond acceptors (Lipinski definition) is 4. The van der Waals surface area contributed by atoms with E-state index in [1.807, 2.05) is 0 Å². The first kappa shape index (κ1) is 17.3. The number of ether oxygens (including phenoxy) is 3. The van der Waals surface area contributed by atoms with Crippen molar-refractivity contribution in [2.75, 3.05) is 21.3 Å². The van der Waals surface area contributed by atoms with Crippen LogP contribution in [0.1, 0.15) is 11.1 Å². The van der Waals surface area contributed by atoms with Crippen molar-refractivity contribution in [1.82, 2.24) is 0 Å². The molecule has 126 valence electrons. The fourth-order valence-corrected chi connectivity index (χ4v) is 2.33. The van der Waals surface area contributed by atoms with Gasteiger partial charge in [-0.05, 0) is 35.9 Å². The quantitative estimate of drug-likeness (QED) is 0.648. The highest BCUT2D eigenvalue weighted by Crippen LogP contribution is 2.42. The smallest absolute Gasteiger partial charge is 0.336 e. The predicted octanol–water partition coefficient (Wildman–Crippen LogP) is 3.48. The van der Waals surface area contributed by atoms with E-state index in [4.69, 9.17) is 14.2 Å². The van der Waals surface area contributed by atoms with Gasteiger partial charge in [0.15, 0.2) is 11.5 Å². The van der Waals surface area contributed by atoms with Crippen LogP contribution in [0.5, 0.6) is 17.2 Å². The van der Waals surface area contributed by atoms with E-state index >= 15 is 0 Å². The summed E-state index contributed by atoms with van der Waals surface area (Å²) in [6, 6.07) is 8.79. The minimum absolute atomic E-state index is 0.0570. The summed E-state index contributed by atoms with van der Waals surface area (Å²) in [5.41, 5.74) is 0.662. The third-order valence-corrected chi connectivity index (χ3v) is 3.38. The molecule has 0 radical (unpaired) electrons. The molecule has 0 atom stereocenters. The summed E-state index contributed by atoms with van der Waals surface area (Å²) in [6.45, 7) is 0. The molecule has 0 amide bonds. The Bertz CT molecular complexity index is 783. The molecule has 6 heteroatoms. The van der Waals surface area contributed by atoms with Gasteiger partial charge in [0.25, 0.3) is 0 Å². The zero-order valence-corrected chi connectivity index (χ0v) is 13.5. The number of methoxy groups -OCH3 is 3. The standard InChI is InChI=1S/C18H17FO5/c1-22-15-8-7-13(16(23-2)17(15)24-3)14(18(20)21)10-11-5-4-6-12(19)9-11/h4-10H,1-3H3,(H,20,21)/b14-10-. The van der Waals surface area contributed by atoms with Gasteiger partial charge in [-0.1, -0.05) is 12.1 Å². The Hall–Kier alpha value is -3.02. The number of rotatable bonds is 6. The Morgan fingerprint density at radius 3 is 2.29 bits per heavy atom. The topological polar surface area (TPSA) is 65.0 Å². The molecule has 0 saturated heterocycles. The van der Waals surface area contributed by atoms with Crippen molar-refractivity contribution in [3.05, 3.63) is 53.3 Å². The van der Waals surface area contributed by atoms with Gasteiger partial charge >= 0.3 is 5.97 Å². The van der Waals surface area contributed by atoms with Crippen LogP contribution in [0.2, 0.25) is 0 Å². The summed E-state index contributed by atoms with van der Waals surface area (Å²) in [5, 5.41) is 9.58. The molecule has 1 N–H and O–H groups in total. The van der Waals surface area contributed by atoms with Crippen molar-refractivity contribution in [2.45, 2.75) is 0 Å². The number of carboxylic acid groups (broad SMARTS) is 1. The Balaban J connectivity index is 2.67. The van der Waals surface area contributed by atoms with Crippen molar-refractivity contribution >= 4 is 17.6 Å². The molecule has 0 fully saturated rings. The van der Waals surface area contributed by atoms with E-state index in [-0.39, 0.29) is 17.1 Å². The second-order valence-electron chi connectivity index (χ2n) is 4.80. The Kier molecular flexibility index (Phi) is 5.42. The minimum Gasteiger partial charge on any atom is -0.493 e. The van der Waals surface area contributed by atoms with Gasteiger partial charge in [0.05, 0.1) is 26.9 Å². The van der Waals surface area contributed by atoms with Crippen molar-refractivity contribution in [2.24, 2.45) is 0 Å². The summed E-state index contributed by atoms with van der Waals surface area (Å²) >= 11 is 0. The van der Waals surface area contributed by atoms with Crippen molar-refractivity contribution in [1.29, 1.82) is 0 Å². The molecule has 0 aliphatic rings. The average molecular weight is 332 g/mol. The van der Waals surface area contributed by atoms with Crippen LogP contribution in [0, 0.1) is 5.82 Å². The first-order valence-corrected chi connectivity index (χ1v) is 7.01. The molecule has 0 unspecified atom stereocenters. The maximum absolute atomic E-state index is 13.3. The van der Waals surface area contributed by atoms with Gasteiger partial charge in [-0.15, -0.1) is 0 Å². The number of benzene rings is 2. The highest BCUT2D eigenvalue weighted by atomic mass is 19.1. The normalized spacial score (nSPS) is 11.1. The van der Waals surface area contributed by atoms with Crippen LogP contribution < -0.4 is 14.2 Å². The molecule has 2 rings (SSSR count). The monoisotopic (exact) mass is 332 g/mol. The number of hydrogen-bond donors (Lipinski definition) is 1. The molecule has 24 heavy (non-hydrogen) atoms.